The third-order valence-electron chi connectivity index (χ3n) is 5.35. The summed E-state index contributed by atoms with van der Waals surface area (Å²) < 4.78 is 5.02. The standard InChI is InChI=1S/C23H25N5O2/c1-5-26-20-11-10-17(13-21(20)27(6-2)23(26)30)24-14-19-16(4)25-28(22(19)29)18-9-7-8-15(3)12-18/h7-14,25H,5-6H2,1-4H3. The van der Waals surface area contributed by atoms with Gasteiger partial charge in [-0.1, -0.05) is 12.1 Å². The zero-order chi connectivity index (χ0) is 21.4. The molecule has 0 fully saturated rings. The highest BCUT2D eigenvalue weighted by Crippen LogP contribution is 2.21. The number of aliphatic imine (C=N–C) groups is 1. The molecule has 0 spiro atoms. The van der Waals surface area contributed by atoms with Crippen molar-refractivity contribution >= 4 is 22.9 Å². The van der Waals surface area contributed by atoms with Crippen LogP contribution in [-0.4, -0.2) is 25.1 Å². The first kappa shape index (κ1) is 19.7. The molecule has 4 rings (SSSR count). The SMILES string of the molecule is CCn1c(=O)n(CC)c2cc(N=Cc3c(C)[nH]n(-c4cccc(C)c4)c3=O)ccc21. The molecular weight excluding hydrogens is 378 g/mol. The van der Waals surface area contributed by atoms with E-state index in [1.807, 2.05) is 70.2 Å². The Morgan fingerprint density at radius 2 is 1.70 bits per heavy atom. The van der Waals surface area contributed by atoms with E-state index in [0.717, 1.165) is 28.0 Å². The zero-order valence-electron chi connectivity index (χ0n) is 17.6. The van der Waals surface area contributed by atoms with Crippen LogP contribution in [0.1, 0.15) is 30.7 Å². The fourth-order valence-electron chi connectivity index (χ4n) is 3.80. The third kappa shape index (κ3) is 3.22. The lowest BCUT2D eigenvalue weighted by molar-refractivity contribution is 0.671. The summed E-state index contributed by atoms with van der Waals surface area (Å²) in [4.78, 5) is 30.0. The number of aryl methyl sites for hydroxylation is 4. The number of aromatic nitrogens is 4. The Kier molecular flexibility index (Phi) is 5.03. The van der Waals surface area contributed by atoms with Gasteiger partial charge in [-0.25, -0.2) is 9.48 Å². The lowest BCUT2D eigenvalue weighted by Crippen LogP contribution is -2.22. The van der Waals surface area contributed by atoms with E-state index in [2.05, 4.69) is 10.1 Å². The number of H-pyrrole nitrogens is 1. The van der Waals surface area contributed by atoms with Crippen LogP contribution in [0.15, 0.2) is 57.0 Å². The maximum atomic E-state index is 12.9. The lowest BCUT2D eigenvalue weighted by atomic mass is 10.2. The molecule has 0 aliphatic rings. The molecule has 0 atom stereocenters. The average molecular weight is 403 g/mol. The normalized spacial score (nSPS) is 11.7. The minimum absolute atomic E-state index is 0.0151. The van der Waals surface area contributed by atoms with Crippen molar-refractivity contribution in [3.05, 3.63) is 80.1 Å². The summed E-state index contributed by atoms with van der Waals surface area (Å²) in [5.41, 5.74) is 5.40. The molecule has 2 aromatic carbocycles. The van der Waals surface area contributed by atoms with Gasteiger partial charge in [0.1, 0.15) is 0 Å². The molecule has 7 heteroatoms. The van der Waals surface area contributed by atoms with Crippen LogP contribution in [0, 0.1) is 13.8 Å². The van der Waals surface area contributed by atoms with Crippen LogP contribution >= 0.6 is 0 Å². The minimum Gasteiger partial charge on any atom is -0.295 e. The molecule has 0 saturated carbocycles. The number of benzene rings is 2. The predicted molar refractivity (Wildman–Crippen MR) is 121 cm³/mol. The van der Waals surface area contributed by atoms with Crippen LogP contribution in [0.2, 0.25) is 0 Å². The van der Waals surface area contributed by atoms with Crippen LogP contribution < -0.4 is 11.2 Å². The number of hydrogen-bond acceptors (Lipinski definition) is 3. The van der Waals surface area contributed by atoms with Gasteiger partial charge in [0, 0.05) is 25.0 Å². The molecule has 154 valence electrons. The molecule has 0 aliphatic carbocycles. The molecule has 0 aliphatic heterocycles. The van der Waals surface area contributed by atoms with E-state index in [0.29, 0.717) is 24.3 Å². The van der Waals surface area contributed by atoms with Crippen LogP contribution in [0.4, 0.5) is 5.69 Å². The first-order valence-electron chi connectivity index (χ1n) is 10.1. The molecule has 1 N–H and O–H groups in total. The monoisotopic (exact) mass is 403 g/mol. The van der Waals surface area contributed by atoms with E-state index in [9.17, 15) is 9.59 Å². The smallest absolute Gasteiger partial charge is 0.295 e. The fourth-order valence-corrected chi connectivity index (χ4v) is 3.80. The molecule has 2 aromatic heterocycles. The zero-order valence-corrected chi connectivity index (χ0v) is 17.6. The molecule has 0 bridgehead atoms. The summed E-state index contributed by atoms with van der Waals surface area (Å²) >= 11 is 0. The van der Waals surface area contributed by atoms with Gasteiger partial charge < -0.3 is 0 Å². The van der Waals surface area contributed by atoms with Crippen molar-refractivity contribution in [2.75, 3.05) is 0 Å². The molecule has 4 aromatic rings. The van der Waals surface area contributed by atoms with Gasteiger partial charge in [-0.3, -0.25) is 24.0 Å². The lowest BCUT2D eigenvalue weighted by Gasteiger charge is -2.02. The quantitative estimate of drug-likeness (QED) is 0.516. The third-order valence-corrected chi connectivity index (χ3v) is 5.35. The Labute approximate surface area is 173 Å². The highest BCUT2D eigenvalue weighted by molar-refractivity contribution is 5.85. The molecule has 0 amide bonds. The number of aromatic amines is 1. The van der Waals surface area contributed by atoms with Gasteiger partial charge >= 0.3 is 5.69 Å². The summed E-state index contributed by atoms with van der Waals surface area (Å²) in [6.45, 7) is 8.97. The van der Waals surface area contributed by atoms with Crippen molar-refractivity contribution < 1.29 is 0 Å². The fraction of sp³-hybridized carbons (Fsp3) is 0.261. The summed E-state index contributed by atoms with van der Waals surface area (Å²) in [7, 11) is 0. The molecular formula is C23H25N5O2. The van der Waals surface area contributed by atoms with Crippen LogP contribution in [0.3, 0.4) is 0 Å². The van der Waals surface area contributed by atoms with E-state index < -0.39 is 0 Å². The maximum absolute atomic E-state index is 12.9. The van der Waals surface area contributed by atoms with E-state index in [1.165, 1.54) is 4.68 Å². The van der Waals surface area contributed by atoms with E-state index in [4.69, 9.17) is 0 Å². The predicted octanol–water partition coefficient (Wildman–Crippen LogP) is 3.69. The summed E-state index contributed by atoms with van der Waals surface area (Å²) in [6.07, 6.45) is 1.59. The first-order chi connectivity index (χ1) is 14.4. The molecule has 30 heavy (non-hydrogen) atoms. The topological polar surface area (TPSA) is 77.1 Å². The van der Waals surface area contributed by atoms with Crippen molar-refractivity contribution in [1.29, 1.82) is 0 Å². The molecule has 0 unspecified atom stereocenters. The Morgan fingerprint density at radius 3 is 2.40 bits per heavy atom. The summed E-state index contributed by atoms with van der Waals surface area (Å²) in [5, 5.41) is 3.12. The van der Waals surface area contributed by atoms with Gasteiger partial charge in [-0.2, -0.15) is 0 Å². The number of hydrogen-bond donors (Lipinski definition) is 1. The van der Waals surface area contributed by atoms with E-state index in [-0.39, 0.29) is 11.2 Å². The van der Waals surface area contributed by atoms with Crippen LogP contribution in [-0.2, 0) is 13.1 Å². The van der Waals surface area contributed by atoms with Gasteiger partial charge in [-0.15, -0.1) is 0 Å². The van der Waals surface area contributed by atoms with Crippen molar-refractivity contribution in [3.63, 3.8) is 0 Å². The molecule has 2 heterocycles. The number of nitrogens with one attached hydrogen (secondary N) is 1. The van der Waals surface area contributed by atoms with Crippen LogP contribution in [0.5, 0.6) is 0 Å². The molecule has 0 radical (unpaired) electrons. The second kappa shape index (κ2) is 7.67. The van der Waals surface area contributed by atoms with Gasteiger partial charge in [0.15, 0.2) is 0 Å². The second-order valence-electron chi connectivity index (χ2n) is 7.33. The largest absolute Gasteiger partial charge is 0.329 e. The minimum atomic E-state index is -0.148. The average Bonchev–Trinajstić information content (AvgIpc) is 3.17. The van der Waals surface area contributed by atoms with Crippen molar-refractivity contribution in [2.45, 2.75) is 40.8 Å². The van der Waals surface area contributed by atoms with E-state index in [1.54, 1.807) is 15.3 Å². The van der Waals surface area contributed by atoms with Crippen molar-refractivity contribution in [1.82, 2.24) is 18.9 Å². The summed E-state index contributed by atoms with van der Waals surface area (Å²) in [6, 6.07) is 13.4. The number of rotatable bonds is 5. The van der Waals surface area contributed by atoms with Crippen LogP contribution in [0.25, 0.3) is 16.7 Å². The Morgan fingerprint density at radius 1 is 0.967 bits per heavy atom. The first-order valence-corrected chi connectivity index (χ1v) is 10.1. The Hall–Kier alpha value is -3.61. The molecule has 0 saturated heterocycles. The van der Waals surface area contributed by atoms with E-state index >= 15 is 0 Å². The van der Waals surface area contributed by atoms with Gasteiger partial charge in [0.25, 0.3) is 5.56 Å². The maximum Gasteiger partial charge on any atom is 0.329 e. The summed E-state index contributed by atoms with van der Waals surface area (Å²) in [5.74, 6) is 0. The van der Waals surface area contributed by atoms with Gasteiger partial charge in [-0.05, 0) is 63.6 Å². The van der Waals surface area contributed by atoms with Crippen molar-refractivity contribution in [2.24, 2.45) is 4.99 Å². The number of nitrogens with zero attached hydrogens (tertiary/aromatic N) is 4. The molecule has 7 nitrogen and oxygen atoms in total. The Bertz CT molecular complexity index is 1380. The van der Waals surface area contributed by atoms with Gasteiger partial charge in [0.2, 0.25) is 0 Å². The second-order valence-corrected chi connectivity index (χ2v) is 7.33. The number of imidazole rings is 1. The van der Waals surface area contributed by atoms with Gasteiger partial charge in [0.05, 0.1) is 28.0 Å². The Balaban J connectivity index is 1.75. The highest BCUT2D eigenvalue weighted by Gasteiger charge is 2.13. The highest BCUT2D eigenvalue weighted by atomic mass is 16.2. The number of fused-ring (bicyclic) bond motifs is 1. The van der Waals surface area contributed by atoms with Crippen molar-refractivity contribution in [3.8, 4) is 5.69 Å².